The van der Waals surface area contributed by atoms with E-state index in [1.54, 1.807) is 0 Å². The van der Waals surface area contributed by atoms with Gasteiger partial charge in [0.2, 0.25) is 0 Å². The van der Waals surface area contributed by atoms with Gasteiger partial charge in [0.05, 0.1) is 37.1 Å². The van der Waals surface area contributed by atoms with Gasteiger partial charge in [-0.25, -0.2) is 0 Å². The average molecular weight is 480 g/mol. The van der Waals surface area contributed by atoms with Crippen LogP contribution in [0.4, 0.5) is 0 Å². The van der Waals surface area contributed by atoms with Crippen LogP contribution >= 0.6 is 0 Å². The van der Waals surface area contributed by atoms with Crippen molar-refractivity contribution in [3.63, 3.8) is 0 Å². The molecule has 0 aromatic rings. The molecular weight excluding hydrogens is 438 g/mol. The summed E-state index contributed by atoms with van der Waals surface area (Å²) in [5.74, 6) is 0.996. The Labute approximate surface area is 202 Å². The van der Waals surface area contributed by atoms with Gasteiger partial charge in [0.15, 0.2) is 0 Å². The van der Waals surface area contributed by atoms with E-state index in [1.807, 2.05) is 28.4 Å². The summed E-state index contributed by atoms with van der Waals surface area (Å²) in [7, 11) is 7.39. The van der Waals surface area contributed by atoms with E-state index in [2.05, 4.69) is 11.8 Å². The van der Waals surface area contributed by atoms with Gasteiger partial charge in [0.1, 0.15) is 18.0 Å². The number of hydrogen-bond acceptors (Lipinski definition) is 8. The van der Waals surface area contributed by atoms with Crippen molar-refractivity contribution in [2.24, 2.45) is 34.5 Å². The van der Waals surface area contributed by atoms with Gasteiger partial charge >= 0.3 is 0 Å². The van der Waals surface area contributed by atoms with E-state index in [0.717, 1.165) is 38.8 Å². The molecule has 2 saturated heterocycles. The molecule has 5 saturated carbocycles. The minimum absolute atomic E-state index is 0.0521. The van der Waals surface area contributed by atoms with Crippen LogP contribution in [0.3, 0.4) is 0 Å². The SMILES string of the molecule is CCN1C[C@]2(CO)CC[C@H](OC)[C@@]34[C@@H]5C[C@H]6[C@H](OC)[C@@H]5[C@@]5(C[C@@H]6OC)OCO[C@@]5([C@@H](OC)[C@H]23)[C@@H]14. The number of aliphatic hydroxyl groups is 1. The van der Waals surface area contributed by atoms with E-state index in [4.69, 9.17) is 28.4 Å². The monoisotopic (exact) mass is 479 g/mol. The van der Waals surface area contributed by atoms with Gasteiger partial charge in [-0.2, -0.15) is 0 Å². The molecule has 34 heavy (non-hydrogen) atoms. The number of piperidine rings is 1. The molecule has 0 aromatic heterocycles. The molecule has 2 aliphatic heterocycles. The third-order valence-corrected chi connectivity index (χ3v) is 12.2. The summed E-state index contributed by atoms with van der Waals surface area (Å²) in [4.78, 5) is 2.61. The van der Waals surface area contributed by atoms with Gasteiger partial charge < -0.3 is 33.5 Å². The Morgan fingerprint density at radius 3 is 2.53 bits per heavy atom. The van der Waals surface area contributed by atoms with Crippen molar-refractivity contribution in [1.29, 1.82) is 0 Å². The van der Waals surface area contributed by atoms with Crippen LogP contribution in [-0.4, -0.2) is 107 Å². The maximum atomic E-state index is 11.1. The van der Waals surface area contributed by atoms with Crippen LogP contribution in [0.15, 0.2) is 0 Å². The zero-order valence-electron chi connectivity index (χ0n) is 21.2. The third kappa shape index (κ3) is 2.01. The summed E-state index contributed by atoms with van der Waals surface area (Å²) >= 11 is 0. The van der Waals surface area contributed by atoms with Crippen molar-refractivity contribution < 1.29 is 33.5 Å². The molecule has 13 atom stereocenters. The number of nitrogens with zero attached hydrogens (tertiary/aromatic N) is 1. The van der Waals surface area contributed by atoms with Crippen molar-refractivity contribution in [1.82, 2.24) is 4.90 Å². The number of fused-ring (bicyclic) bond motifs is 1. The molecule has 2 heterocycles. The molecule has 7 aliphatic rings. The van der Waals surface area contributed by atoms with E-state index >= 15 is 0 Å². The van der Waals surface area contributed by atoms with Crippen LogP contribution in [0.25, 0.3) is 0 Å². The molecule has 0 unspecified atom stereocenters. The number of ether oxygens (including phenoxy) is 6. The predicted molar refractivity (Wildman–Crippen MR) is 121 cm³/mol. The number of likely N-dealkylation sites (tertiary alicyclic amines) is 1. The van der Waals surface area contributed by atoms with Crippen molar-refractivity contribution in [2.45, 2.75) is 74.3 Å². The maximum absolute atomic E-state index is 11.1. The fourth-order valence-corrected chi connectivity index (χ4v) is 11.7. The highest BCUT2D eigenvalue weighted by Gasteiger charge is 2.93. The van der Waals surface area contributed by atoms with Gasteiger partial charge in [0.25, 0.3) is 0 Å². The second kappa shape index (κ2) is 7.16. The maximum Gasteiger partial charge on any atom is 0.148 e. The predicted octanol–water partition coefficient (Wildman–Crippen LogP) is 1.29. The Morgan fingerprint density at radius 1 is 1.06 bits per heavy atom. The van der Waals surface area contributed by atoms with Crippen molar-refractivity contribution >= 4 is 0 Å². The second-order valence-corrected chi connectivity index (χ2v) is 12.2. The van der Waals surface area contributed by atoms with Crippen LogP contribution in [-0.2, 0) is 28.4 Å². The molecule has 192 valence electrons. The lowest BCUT2D eigenvalue weighted by atomic mass is 9.42. The lowest BCUT2D eigenvalue weighted by molar-refractivity contribution is -0.286. The highest BCUT2D eigenvalue weighted by Crippen LogP contribution is 2.82. The number of methoxy groups -OCH3 is 4. The van der Waals surface area contributed by atoms with Gasteiger partial charge in [-0.15, -0.1) is 0 Å². The average Bonchev–Trinajstić information content (AvgIpc) is 3.44. The molecule has 7 rings (SSSR count). The molecular formula is C26H41NO7. The van der Waals surface area contributed by atoms with E-state index in [9.17, 15) is 5.11 Å². The molecule has 1 N–H and O–H groups in total. The summed E-state index contributed by atoms with van der Waals surface area (Å²) in [6.45, 7) is 4.45. The fourth-order valence-electron chi connectivity index (χ4n) is 11.7. The number of likely N-dealkylation sites (N-methyl/N-ethyl adjacent to an activating group) is 1. The molecule has 0 radical (unpaired) electrons. The van der Waals surface area contributed by atoms with E-state index < -0.39 is 11.2 Å². The minimum atomic E-state index is -0.648. The first kappa shape index (κ1) is 22.8. The van der Waals surface area contributed by atoms with E-state index in [-0.39, 0.29) is 66.5 Å². The van der Waals surface area contributed by atoms with Gasteiger partial charge in [0, 0.05) is 70.0 Å². The Morgan fingerprint density at radius 2 is 1.88 bits per heavy atom. The van der Waals surface area contributed by atoms with Crippen LogP contribution in [0.2, 0.25) is 0 Å². The molecule has 5 aliphatic carbocycles. The topological polar surface area (TPSA) is 78.9 Å². The number of rotatable bonds is 6. The standard InChI is InChI=1S/C26H41NO7/c1-6-27-11-23(12-28)8-7-17(30-3)25-15-9-14-16(29-2)10-24(18(15)19(14)31-4)26(22(25)27,34-13-33-24)21(32-5)20(23)25/h14-22,28H,6-13H2,1-5H3/t14-,15-,16+,17+,18-,19+,20-,21+,22+,23+,24-,25+,26+/m1/s1. The Kier molecular flexibility index (Phi) is 4.81. The Balaban J connectivity index is 1.57. The van der Waals surface area contributed by atoms with Crippen molar-refractivity contribution in [3.8, 4) is 0 Å². The van der Waals surface area contributed by atoms with Gasteiger partial charge in [-0.3, -0.25) is 4.90 Å². The van der Waals surface area contributed by atoms with E-state index in [0.29, 0.717) is 11.8 Å². The van der Waals surface area contributed by atoms with Crippen LogP contribution in [0, 0.1) is 34.5 Å². The molecule has 3 spiro atoms. The largest absolute Gasteiger partial charge is 0.396 e. The Hall–Kier alpha value is -0.320. The summed E-state index contributed by atoms with van der Waals surface area (Å²) in [6, 6.07) is 0.112. The fraction of sp³-hybridized carbons (Fsp3) is 1.00. The molecule has 8 nitrogen and oxygen atoms in total. The molecule has 8 heteroatoms. The highest BCUT2D eigenvalue weighted by atomic mass is 16.7. The summed E-state index contributed by atoms with van der Waals surface area (Å²) < 4.78 is 39.3. The molecule has 7 bridgehead atoms. The minimum Gasteiger partial charge on any atom is -0.396 e. The zero-order chi connectivity index (χ0) is 23.7. The van der Waals surface area contributed by atoms with Crippen LogP contribution < -0.4 is 0 Å². The second-order valence-electron chi connectivity index (χ2n) is 12.2. The first-order chi connectivity index (χ1) is 16.5. The van der Waals surface area contributed by atoms with Crippen molar-refractivity contribution in [3.05, 3.63) is 0 Å². The van der Waals surface area contributed by atoms with Gasteiger partial charge in [-0.05, 0) is 31.7 Å². The normalized spacial score (nSPS) is 61.1. The Bertz CT molecular complexity index is 859. The van der Waals surface area contributed by atoms with E-state index in [1.165, 1.54) is 0 Å². The summed E-state index contributed by atoms with van der Waals surface area (Å²) in [6.07, 6.45) is 3.74. The quantitative estimate of drug-likeness (QED) is 0.611. The van der Waals surface area contributed by atoms with Crippen LogP contribution in [0.1, 0.15) is 32.6 Å². The molecule has 0 amide bonds. The highest BCUT2D eigenvalue weighted by molar-refractivity contribution is 5.43. The number of hydrogen-bond donors (Lipinski definition) is 1. The third-order valence-electron chi connectivity index (χ3n) is 12.2. The summed E-state index contributed by atoms with van der Waals surface area (Å²) in [5, 5.41) is 11.1. The molecule has 0 aromatic carbocycles. The molecule has 7 fully saturated rings. The number of aliphatic hydroxyl groups excluding tert-OH is 1. The zero-order valence-corrected chi connectivity index (χ0v) is 21.2. The van der Waals surface area contributed by atoms with Crippen molar-refractivity contribution in [2.75, 3.05) is 54.9 Å². The smallest absolute Gasteiger partial charge is 0.148 e. The van der Waals surface area contributed by atoms with Crippen LogP contribution in [0.5, 0.6) is 0 Å². The van der Waals surface area contributed by atoms with Gasteiger partial charge in [-0.1, -0.05) is 6.92 Å². The lowest BCUT2D eigenvalue weighted by Gasteiger charge is -2.70. The summed E-state index contributed by atoms with van der Waals surface area (Å²) in [5.41, 5.74) is -1.62. The first-order valence-corrected chi connectivity index (χ1v) is 13.2. The lowest BCUT2D eigenvalue weighted by Crippen LogP contribution is -2.81. The first-order valence-electron chi connectivity index (χ1n) is 13.2.